The van der Waals surface area contributed by atoms with Crippen LogP contribution in [0.15, 0.2) is 76.8 Å². The lowest BCUT2D eigenvalue weighted by Crippen LogP contribution is -2.19. The van der Waals surface area contributed by atoms with E-state index in [1.807, 2.05) is 54.6 Å². The molecule has 4 rings (SSSR count). The number of H-pyrrole nitrogens is 1. The van der Waals surface area contributed by atoms with Gasteiger partial charge in [-0.15, -0.1) is 0 Å². The molecular formula is C19H14BrN5OS. The van der Waals surface area contributed by atoms with Crippen LogP contribution in [0, 0.1) is 0 Å². The van der Waals surface area contributed by atoms with E-state index in [-0.39, 0.29) is 5.91 Å². The van der Waals surface area contributed by atoms with Crippen molar-refractivity contribution in [2.45, 2.75) is 10.3 Å². The van der Waals surface area contributed by atoms with E-state index in [0.29, 0.717) is 10.7 Å². The summed E-state index contributed by atoms with van der Waals surface area (Å²) in [5.41, 5.74) is 2.93. The minimum Gasteiger partial charge on any atom is -0.341 e. The Morgan fingerprint density at radius 2 is 1.81 bits per heavy atom. The van der Waals surface area contributed by atoms with Crippen LogP contribution in [0.2, 0.25) is 0 Å². The molecule has 0 bridgehead atoms. The van der Waals surface area contributed by atoms with Crippen LogP contribution in [0.1, 0.15) is 10.8 Å². The zero-order chi connectivity index (χ0) is 18.6. The molecule has 0 saturated carbocycles. The first-order valence-corrected chi connectivity index (χ1v) is 9.80. The second kappa shape index (κ2) is 7.89. The molecule has 2 aromatic heterocycles. The number of imidazole rings is 1. The standard InChI is InChI=1S/C19H14BrN5OS/c20-13-6-8-14(9-7-13)25-18(26)16(12-4-2-1-3-5-12)27-19-15-17(22-10-21-15)23-11-24-19/h1-11,16H,(H,25,26)(H,21,22,23,24)/t16-/m1/s1. The van der Waals surface area contributed by atoms with Gasteiger partial charge in [-0.25, -0.2) is 15.0 Å². The van der Waals surface area contributed by atoms with E-state index in [9.17, 15) is 4.79 Å². The van der Waals surface area contributed by atoms with Crippen molar-refractivity contribution in [3.8, 4) is 0 Å². The molecular weight excluding hydrogens is 426 g/mol. The van der Waals surface area contributed by atoms with Crippen LogP contribution in [0.4, 0.5) is 5.69 Å². The van der Waals surface area contributed by atoms with E-state index < -0.39 is 5.25 Å². The molecule has 27 heavy (non-hydrogen) atoms. The van der Waals surface area contributed by atoms with Crippen LogP contribution in [-0.2, 0) is 4.79 Å². The Bertz CT molecular complexity index is 1070. The first-order valence-electron chi connectivity index (χ1n) is 8.13. The third kappa shape index (κ3) is 4.01. The average Bonchev–Trinajstić information content (AvgIpc) is 3.18. The normalized spacial score (nSPS) is 12.0. The Balaban J connectivity index is 1.66. The van der Waals surface area contributed by atoms with Gasteiger partial charge >= 0.3 is 0 Å². The largest absolute Gasteiger partial charge is 0.341 e. The number of fused-ring (bicyclic) bond motifs is 1. The van der Waals surface area contributed by atoms with Crippen molar-refractivity contribution in [3.63, 3.8) is 0 Å². The molecule has 0 aliphatic heterocycles. The van der Waals surface area contributed by atoms with Crippen molar-refractivity contribution in [3.05, 3.63) is 77.3 Å². The summed E-state index contributed by atoms with van der Waals surface area (Å²) in [6, 6.07) is 17.1. The van der Waals surface area contributed by atoms with Gasteiger partial charge in [-0.05, 0) is 29.8 Å². The zero-order valence-corrected chi connectivity index (χ0v) is 16.4. The lowest BCUT2D eigenvalue weighted by Gasteiger charge is -2.17. The summed E-state index contributed by atoms with van der Waals surface area (Å²) in [5, 5.41) is 3.18. The van der Waals surface area contributed by atoms with Gasteiger partial charge in [0, 0.05) is 10.2 Å². The summed E-state index contributed by atoms with van der Waals surface area (Å²) in [6.07, 6.45) is 3.03. The van der Waals surface area contributed by atoms with Crippen LogP contribution >= 0.6 is 27.7 Å². The minimum absolute atomic E-state index is 0.125. The van der Waals surface area contributed by atoms with Crippen LogP contribution in [0.25, 0.3) is 11.2 Å². The molecule has 2 aromatic carbocycles. The van der Waals surface area contributed by atoms with E-state index >= 15 is 0 Å². The number of nitrogens with one attached hydrogen (secondary N) is 2. The fourth-order valence-corrected chi connectivity index (χ4v) is 3.91. The van der Waals surface area contributed by atoms with E-state index in [1.54, 1.807) is 6.33 Å². The third-order valence-corrected chi connectivity index (χ3v) is 5.65. The molecule has 0 saturated heterocycles. The quantitative estimate of drug-likeness (QED) is 0.351. The van der Waals surface area contributed by atoms with Gasteiger partial charge in [0.25, 0.3) is 0 Å². The van der Waals surface area contributed by atoms with Crippen LogP contribution in [-0.4, -0.2) is 25.8 Å². The maximum atomic E-state index is 13.1. The molecule has 8 heteroatoms. The van der Waals surface area contributed by atoms with E-state index in [0.717, 1.165) is 21.2 Å². The smallest absolute Gasteiger partial charge is 0.242 e. The predicted octanol–water partition coefficient (Wildman–Crippen LogP) is 4.59. The Labute approximate surface area is 168 Å². The van der Waals surface area contributed by atoms with Gasteiger partial charge in [-0.3, -0.25) is 4.79 Å². The predicted molar refractivity (Wildman–Crippen MR) is 109 cm³/mol. The van der Waals surface area contributed by atoms with Gasteiger partial charge in [0.2, 0.25) is 5.91 Å². The number of benzene rings is 2. The molecule has 0 aliphatic rings. The number of thioether (sulfide) groups is 1. The highest BCUT2D eigenvalue weighted by atomic mass is 79.9. The van der Waals surface area contributed by atoms with Crippen molar-refractivity contribution in [1.29, 1.82) is 0 Å². The van der Waals surface area contributed by atoms with Crippen LogP contribution < -0.4 is 5.32 Å². The first-order chi connectivity index (χ1) is 13.2. The fraction of sp³-hybridized carbons (Fsp3) is 0.0526. The number of rotatable bonds is 5. The number of anilines is 1. The number of nitrogens with zero attached hydrogens (tertiary/aromatic N) is 3. The zero-order valence-electron chi connectivity index (χ0n) is 14.0. The number of hydrogen-bond acceptors (Lipinski definition) is 5. The summed E-state index contributed by atoms with van der Waals surface area (Å²) in [4.78, 5) is 28.7. The number of carbonyl (C=O) groups excluding carboxylic acids is 1. The number of amides is 1. The summed E-state index contributed by atoms with van der Waals surface area (Å²) in [6.45, 7) is 0. The minimum atomic E-state index is -0.476. The Kier molecular flexibility index (Phi) is 5.17. The van der Waals surface area contributed by atoms with E-state index in [4.69, 9.17) is 0 Å². The van der Waals surface area contributed by atoms with Gasteiger partial charge in [0.1, 0.15) is 22.1 Å². The van der Waals surface area contributed by atoms with Crippen molar-refractivity contribution in [2.75, 3.05) is 5.32 Å². The monoisotopic (exact) mass is 439 g/mol. The van der Waals surface area contributed by atoms with Crippen molar-refractivity contribution in [2.24, 2.45) is 0 Å². The number of halogens is 1. The highest BCUT2D eigenvalue weighted by Gasteiger charge is 2.24. The SMILES string of the molecule is O=C(Nc1ccc(Br)cc1)[C@H](Sc1ncnc2nc[nH]c12)c1ccccc1. The molecule has 1 amide bonds. The van der Waals surface area contributed by atoms with Crippen LogP contribution in [0.3, 0.4) is 0 Å². The summed E-state index contributed by atoms with van der Waals surface area (Å²) >= 11 is 4.76. The number of carbonyl (C=O) groups is 1. The van der Waals surface area contributed by atoms with E-state index in [2.05, 4.69) is 41.2 Å². The number of aromatic amines is 1. The summed E-state index contributed by atoms with van der Waals surface area (Å²) in [7, 11) is 0. The highest BCUT2D eigenvalue weighted by molar-refractivity contribution is 9.10. The second-order valence-electron chi connectivity index (χ2n) is 5.68. The second-order valence-corrected chi connectivity index (χ2v) is 7.69. The van der Waals surface area contributed by atoms with Crippen LogP contribution in [0.5, 0.6) is 0 Å². The molecule has 0 fully saturated rings. The average molecular weight is 440 g/mol. The number of hydrogen-bond donors (Lipinski definition) is 2. The third-order valence-electron chi connectivity index (χ3n) is 3.87. The van der Waals surface area contributed by atoms with Gasteiger partial charge in [-0.1, -0.05) is 58.0 Å². The molecule has 2 N–H and O–H groups in total. The van der Waals surface area contributed by atoms with E-state index in [1.165, 1.54) is 18.1 Å². The molecule has 4 aromatic rings. The maximum absolute atomic E-state index is 13.1. The van der Waals surface area contributed by atoms with Crippen molar-refractivity contribution < 1.29 is 4.79 Å². The molecule has 0 aliphatic carbocycles. The maximum Gasteiger partial charge on any atom is 0.242 e. The molecule has 1 atom stereocenters. The fourth-order valence-electron chi connectivity index (χ4n) is 2.59. The van der Waals surface area contributed by atoms with Gasteiger partial charge in [0.15, 0.2) is 5.65 Å². The summed E-state index contributed by atoms with van der Waals surface area (Å²) in [5.74, 6) is -0.125. The van der Waals surface area contributed by atoms with Crippen molar-refractivity contribution >= 4 is 50.5 Å². The molecule has 6 nitrogen and oxygen atoms in total. The molecule has 0 unspecified atom stereocenters. The Hall–Kier alpha value is -2.71. The topological polar surface area (TPSA) is 83.6 Å². The lowest BCUT2D eigenvalue weighted by atomic mass is 10.1. The Morgan fingerprint density at radius 1 is 1.04 bits per heavy atom. The number of aromatic nitrogens is 4. The van der Waals surface area contributed by atoms with Gasteiger partial charge in [-0.2, -0.15) is 0 Å². The first kappa shape index (κ1) is 17.7. The van der Waals surface area contributed by atoms with Gasteiger partial charge < -0.3 is 10.3 Å². The van der Waals surface area contributed by atoms with Crippen molar-refractivity contribution in [1.82, 2.24) is 19.9 Å². The highest BCUT2D eigenvalue weighted by Crippen LogP contribution is 2.37. The Morgan fingerprint density at radius 3 is 2.59 bits per heavy atom. The lowest BCUT2D eigenvalue weighted by molar-refractivity contribution is -0.115. The van der Waals surface area contributed by atoms with Gasteiger partial charge in [0.05, 0.1) is 6.33 Å². The molecule has 0 radical (unpaired) electrons. The molecule has 134 valence electrons. The molecule has 2 heterocycles. The summed E-state index contributed by atoms with van der Waals surface area (Å²) < 4.78 is 0.956. The molecule has 0 spiro atoms.